The molecule has 0 radical (unpaired) electrons. The fraction of sp³-hybridized carbons (Fsp3) is 0.278. The number of aromatic nitrogens is 1. The molecule has 3 N–H and O–H groups in total. The van der Waals surface area contributed by atoms with Crippen molar-refractivity contribution in [1.29, 1.82) is 0 Å². The van der Waals surface area contributed by atoms with Gasteiger partial charge in [0, 0.05) is 18.7 Å². The summed E-state index contributed by atoms with van der Waals surface area (Å²) in [6.45, 7) is 0.908. The number of carbonyl (C=O) groups is 2. The van der Waals surface area contributed by atoms with Crippen molar-refractivity contribution in [3.63, 3.8) is 0 Å². The molecular weight excluding hydrogens is 357 g/mol. The molecule has 0 aliphatic carbocycles. The first-order valence-electron chi connectivity index (χ1n) is 8.41. The summed E-state index contributed by atoms with van der Waals surface area (Å²) >= 11 is 0. The molecule has 2 aliphatic rings. The summed E-state index contributed by atoms with van der Waals surface area (Å²) in [5, 5.41) is 2.08. The van der Waals surface area contributed by atoms with Gasteiger partial charge in [0.2, 0.25) is 0 Å². The molecule has 0 bridgehead atoms. The predicted molar refractivity (Wildman–Crippen MR) is 92.7 cm³/mol. The van der Waals surface area contributed by atoms with Crippen LogP contribution < -0.4 is 21.3 Å². The van der Waals surface area contributed by atoms with E-state index in [0.29, 0.717) is 6.61 Å². The molecule has 2 aliphatic heterocycles. The number of nitrogens with two attached hydrogens (primary N) is 1. The average Bonchev–Trinajstić information content (AvgIpc) is 3.22. The molecule has 0 spiro atoms. The molecule has 4 rings (SSSR count). The number of carbonyl (C=O) groups excluding carboxylic acids is 2. The number of halogens is 1. The number of rotatable bonds is 4. The fourth-order valence-corrected chi connectivity index (χ4v) is 3.25. The van der Waals surface area contributed by atoms with Crippen LogP contribution >= 0.6 is 0 Å². The molecule has 9 heteroatoms. The Morgan fingerprint density at radius 2 is 2.07 bits per heavy atom. The lowest BCUT2D eigenvalue weighted by molar-refractivity contribution is 0.0666. The van der Waals surface area contributed by atoms with E-state index in [-0.39, 0.29) is 41.1 Å². The summed E-state index contributed by atoms with van der Waals surface area (Å²) in [4.78, 5) is 35.9. The molecule has 8 nitrogen and oxygen atoms in total. The Morgan fingerprint density at radius 1 is 1.26 bits per heavy atom. The van der Waals surface area contributed by atoms with E-state index in [1.54, 1.807) is 0 Å². The summed E-state index contributed by atoms with van der Waals surface area (Å²) in [7, 11) is 0. The second-order valence-electron chi connectivity index (χ2n) is 6.34. The smallest absolute Gasteiger partial charge is 0.262 e. The van der Waals surface area contributed by atoms with Crippen molar-refractivity contribution >= 4 is 17.6 Å². The maximum absolute atomic E-state index is 14.4. The van der Waals surface area contributed by atoms with Crippen molar-refractivity contribution in [3.05, 3.63) is 51.6 Å². The Labute approximate surface area is 152 Å². The second-order valence-corrected chi connectivity index (χ2v) is 6.34. The molecule has 140 valence electrons. The lowest BCUT2D eigenvalue weighted by Gasteiger charge is -2.15. The third-order valence-corrected chi connectivity index (χ3v) is 4.58. The van der Waals surface area contributed by atoms with Gasteiger partial charge >= 0.3 is 0 Å². The van der Waals surface area contributed by atoms with Gasteiger partial charge in [-0.1, -0.05) is 0 Å². The number of hydrogen-bond acceptors (Lipinski definition) is 6. The zero-order valence-corrected chi connectivity index (χ0v) is 14.2. The Balaban J connectivity index is 1.67. The molecule has 2 amide bonds. The SMILES string of the molecule is Nc1c2c(cc(=O)n1-c1ccc(OCC3CCCO3)c(F)c1)C(=O)NC2=O. The highest BCUT2D eigenvalue weighted by atomic mass is 19.1. The molecule has 2 aromatic rings. The van der Waals surface area contributed by atoms with Gasteiger partial charge in [-0.2, -0.15) is 0 Å². The lowest BCUT2D eigenvalue weighted by atomic mass is 10.1. The van der Waals surface area contributed by atoms with Gasteiger partial charge < -0.3 is 15.2 Å². The molecular formula is C18H16FN3O5. The zero-order chi connectivity index (χ0) is 19.1. The van der Waals surface area contributed by atoms with Crippen LogP contribution in [0, 0.1) is 5.82 Å². The first-order valence-corrected chi connectivity index (χ1v) is 8.41. The molecule has 27 heavy (non-hydrogen) atoms. The standard InChI is InChI=1S/C18H16FN3O5/c19-12-6-9(3-4-13(12)27-8-10-2-1-5-26-10)22-14(23)7-11-15(16(22)20)18(25)21-17(11)24/h3-4,6-7,10H,1-2,5,8,20H2,(H,21,24,25). The number of benzene rings is 1. The van der Waals surface area contributed by atoms with E-state index in [9.17, 15) is 18.8 Å². The third-order valence-electron chi connectivity index (χ3n) is 4.58. The van der Waals surface area contributed by atoms with Gasteiger partial charge in [0.05, 0.1) is 22.9 Å². The van der Waals surface area contributed by atoms with Crippen LogP contribution in [0.4, 0.5) is 10.2 Å². The van der Waals surface area contributed by atoms with Crippen molar-refractivity contribution in [3.8, 4) is 11.4 Å². The van der Waals surface area contributed by atoms with E-state index in [1.807, 2.05) is 0 Å². The number of anilines is 1. The van der Waals surface area contributed by atoms with Gasteiger partial charge in [-0.05, 0) is 25.0 Å². The van der Waals surface area contributed by atoms with Crippen LogP contribution in [0.3, 0.4) is 0 Å². The van der Waals surface area contributed by atoms with Gasteiger partial charge in [0.1, 0.15) is 12.4 Å². The summed E-state index contributed by atoms with van der Waals surface area (Å²) in [6.07, 6.45) is 1.75. The molecule has 0 saturated carbocycles. The molecule has 3 heterocycles. The quantitative estimate of drug-likeness (QED) is 0.773. The van der Waals surface area contributed by atoms with Crippen LogP contribution in [-0.4, -0.2) is 35.7 Å². The largest absolute Gasteiger partial charge is 0.488 e. The van der Waals surface area contributed by atoms with Crippen molar-refractivity contribution in [2.45, 2.75) is 18.9 Å². The lowest BCUT2D eigenvalue weighted by Crippen LogP contribution is -2.24. The van der Waals surface area contributed by atoms with Crippen LogP contribution in [-0.2, 0) is 4.74 Å². The fourth-order valence-electron chi connectivity index (χ4n) is 3.25. The van der Waals surface area contributed by atoms with Gasteiger partial charge in [0.15, 0.2) is 11.6 Å². The maximum Gasteiger partial charge on any atom is 0.262 e. The highest BCUT2D eigenvalue weighted by Crippen LogP contribution is 2.26. The van der Waals surface area contributed by atoms with E-state index in [1.165, 1.54) is 12.1 Å². The number of ether oxygens (including phenoxy) is 2. The number of nitrogens with zero attached hydrogens (tertiary/aromatic N) is 1. The van der Waals surface area contributed by atoms with Gasteiger partial charge in [0.25, 0.3) is 17.4 Å². The summed E-state index contributed by atoms with van der Waals surface area (Å²) in [6, 6.07) is 4.92. The number of imide groups is 1. The minimum atomic E-state index is -0.696. The average molecular weight is 373 g/mol. The van der Waals surface area contributed by atoms with Crippen molar-refractivity contribution in [2.75, 3.05) is 18.9 Å². The van der Waals surface area contributed by atoms with E-state index in [4.69, 9.17) is 15.2 Å². The number of nitrogen functional groups attached to an aromatic ring is 1. The van der Waals surface area contributed by atoms with Crippen molar-refractivity contribution < 1.29 is 23.5 Å². The highest BCUT2D eigenvalue weighted by molar-refractivity contribution is 6.23. The number of fused-ring (bicyclic) bond motifs is 1. The number of amides is 2. The van der Waals surface area contributed by atoms with E-state index in [0.717, 1.165) is 29.5 Å². The Bertz CT molecular complexity index is 1010. The van der Waals surface area contributed by atoms with E-state index in [2.05, 4.69) is 5.32 Å². The Kier molecular flexibility index (Phi) is 4.15. The van der Waals surface area contributed by atoms with Crippen molar-refractivity contribution in [2.24, 2.45) is 0 Å². The topological polar surface area (TPSA) is 113 Å². The number of nitrogens with one attached hydrogen (secondary N) is 1. The van der Waals surface area contributed by atoms with E-state index >= 15 is 0 Å². The van der Waals surface area contributed by atoms with Gasteiger partial charge in [-0.25, -0.2) is 4.39 Å². The van der Waals surface area contributed by atoms with Gasteiger partial charge in [-0.3, -0.25) is 24.3 Å². The molecule has 1 aromatic carbocycles. The maximum atomic E-state index is 14.4. The molecule has 1 atom stereocenters. The Morgan fingerprint density at radius 3 is 2.78 bits per heavy atom. The molecule has 1 saturated heterocycles. The van der Waals surface area contributed by atoms with Gasteiger partial charge in [-0.15, -0.1) is 0 Å². The Hall–Kier alpha value is -3.20. The minimum Gasteiger partial charge on any atom is -0.488 e. The molecule has 1 aromatic heterocycles. The predicted octanol–water partition coefficient (Wildman–Crippen LogP) is 1.00. The van der Waals surface area contributed by atoms with Crippen LogP contribution in [0.1, 0.15) is 33.6 Å². The second kappa shape index (κ2) is 6.51. The van der Waals surface area contributed by atoms with Crippen LogP contribution in [0.2, 0.25) is 0 Å². The minimum absolute atomic E-state index is 0.0231. The van der Waals surface area contributed by atoms with Crippen molar-refractivity contribution in [1.82, 2.24) is 9.88 Å². The van der Waals surface area contributed by atoms with Crippen LogP contribution in [0.5, 0.6) is 5.75 Å². The summed E-state index contributed by atoms with van der Waals surface area (Å²) in [5.41, 5.74) is 5.21. The highest BCUT2D eigenvalue weighted by Gasteiger charge is 2.32. The first-order chi connectivity index (χ1) is 13.0. The third kappa shape index (κ3) is 2.95. The summed E-state index contributed by atoms with van der Waals surface area (Å²) < 4.78 is 26.3. The first kappa shape index (κ1) is 17.2. The summed E-state index contributed by atoms with van der Waals surface area (Å²) in [5.74, 6) is -2.27. The van der Waals surface area contributed by atoms with Crippen LogP contribution in [0.15, 0.2) is 29.1 Å². The molecule has 1 unspecified atom stereocenters. The number of pyridine rings is 1. The zero-order valence-electron chi connectivity index (χ0n) is 14.2. The molecule has 1 fully saturated rings. The monoisotopic (exact) mass is 373 g/mol. The van der Waals surface area contributed by atoms with E-state index < -0.39 is 23.2 Å². The number of hydrogen-bond donors (Lipinski definition) is 2. The van der Waals surface area contributed by atoms with Crippen LogP contribution in [0.25, 0.3) is 5.69 Å². The normalized spacial score (nSPS) is 18.5.